The van der Waals surface area contributed by atoms with Crippen LogP contribution < -0.4 is 10.6 Å². The molecule has 0 bridgehead atoms. The Hall–Kier alpha value is -2.08. The summed E-state index contributed by atoms with van der Waals surface area (Å²) in [5.41, 5.74) is 0.658. The van der Waals surface area contributed by atoms with Gasteiger partial charge in [0.1, 0.15) is 5.75 Å². The lowest BCUT2D eigenvalue weighted by molar-refractivity contribution is -0.114. The summed E-state index contributed by atoms with van der Waals surface area (Å²) in [4.78, 5) is 25.7. The number of nitrogens with zero attached hydrogens (tertiary/aromatic N) is 1. The molecular weight excluding hydrogens is 306 g/mol. The van der Waals surface area contributed by atoms with E-state index in [-0.39, 0.29) is 23.1 Å². The fraction of sp³-hybridized carbons (Fsp3) is 0.556. The molecule has 1 aliphatic rings. The molecule has 6 heteroatoms. The average Bonchev–Trinajstić information content (AvgIpc) is 2.47. The first kappa shape index (κ1) is 18.3. The highest BCUT2D eigenvalue weighted by Crippen LogP contribution is 2.22. The van der Waals surface area contributed by atoms with Gasteiger partial charge in [0, 0.05) is 38.8 Å². The summed E-state index contributed by atoms with van der Waals surface area (Å²) in [5, 5.41) is 15.3. The Labute approximate surface area is 143 Å². The Balaban J connectivity index is 1.89. The number of piperidine rings is 1. The molecule has 1 aliphatic heterocycles. The van der Waals surface area contributed by atoms with Crippen molar-refractivity contribution in [2.45, 2.75) is 27.2 Å². The van der Waals surface area contributed by atoms with Gasteiger partial charge in [-0.1, -0.05) is 13.8 Å². The van der Waals surface area contributed by atoms with Crippen LogP contribution in [-0.4, -0.2) is 48.0 Å². The topological polar surface area (TPSA) is 81.7 Å². The smallest absolute Gasteiger partial charge is 0.255 e. The Morgan fingerprint density at radius 3 is 2.54 bits per heavy atom. The van der Waals surface area contributed by atoms with Crippen molar-refractivity contribution in [1.29, 1.82) is 0 Å². The van der Waals surface area contributed by atoms with E-state index in [0.29, 0.717) is 24.1 Å². The molecule has 0 spiro atoms. The minimum Gasteiger partial charge on any atom is -0.507 e. The molecule has 2 rings (SSSR count). The highest BCUT2D eigenvalue weighted by Gasteiger charge is 2.21. The van der Waals surface area contributed by atoms with Gasteiger partial charge in [-0.05, 0) is 36.5 Å². The van der Waals surface area contributed by atoms with Gasteiger partial charge in [-0.15, -0.1) is 0 Å². The van der Waals surface area contributed by atoms with Crippen LogP contribution in [0.4, 0.5) is 5.69 Å². The molecule has 3 N–H and O–H groups in total. The van der Waals surface area contributed by atoms with Crippen molar-refractivity contribution in [3.05, 3.63) is 23.8 Å². The van der Waals surface area contributed by atoms with Crippen LogP contribution in [-0.2, 0) is 4.79 Å². The molecule has 0 unspecified atom stereocenters. The van der Waals surface area contributed by atoms with Crippen molar-refractivity contribution in [3.63, 3.8) is 0 Å². The van der Waals surface area contributed by atoms with Gasteiger partial charge < -0.3 is 20.6 Å². The summed E-state index contributed by atoms with van der Waals surface area (Å²) in [6, 6.07) is 4.45. The van der Waals surface area contributed by atoms with Gasteiger partial charge in [0.05, 0.1) is 5.56 Å². The van der Waals surface area contributed by atoms with Gasteiger partial charge in [0.15, 0.2) is 0 Å². The number of rotatable bonds is 5. The molecule has 0 aliphatic carbocycles. The summed E-state index contributed by atoms with van der Waals surface area (Å²) in [5.74, 6) is 0.714. The number of phenolic OH excluding ortho intramolecular Hbond substituents is 1. The summed E-state index contributed by atoms with van der Waals surface area (Å²) in [6.45, 7) is 9.36. The Morgan fingerprint density at radius 1 is 1.25 bits per heavy atom. The summed E-state index contributed by atoms with van der Waals surface area (Å²) in [7, 11) is 0. The first-order valence-corrected chi connectivity index (χ1v) is 8.46. The molecule has 24 heavy (non-hydrogen) atoms. The lowest BCUT2D eigenvalue weighted by Gasteiger charge is -2.34. The number of benzene rings is 1. The van der Waals surface area contributed by atoms with E-state index in [0.717, 1.165) is 19.6 Å². The highest BCUT2D eigenvalue weighted by atomic mass is 16.3. The van der Waals surface area contributed by atoms with Crippen LogP contribution in [0.25, 0.3) is 0 Å². The molecule has 1 heterocycles. The number of anilines is 1. The van der Waals surface area contributed by atoms with Gasteiger partial charge in [0.25, 0.3) is 5.91 Å². The number of likely N-dealkylation sites (tertiary alicyclic amines) is 1. The molecule has 2 amide bonds. The third kappa shape index (κ3) is 5.23. The van der Waals surface area contributed by atoms with E-state index in [4.69, 9.17) is 0 Å². The van der Waals surface area contributed by atoms with Gasteiger partial charge in [-0.2, -0.15) is 0 Å². The molecule has 132 valence electrons. The fourth-order valence-electron chi connectivity index (χ4n) is 3.40. The number of carbonyl (C=O) groups is 2. The monoisotopic (exact) mass is 333 g/mol. The number of hydrogen-bond donors (Lipinski definition) is 3. The van der Waals surface area contributed by atoms with Crippen molar-refractivity contribution in [3.8, 4) is 5.75 Å². The van der Waals surface area contributed by atoms with Crippen LogP contribution >= 0.6 is 0 Å². The minimum atomic E-state index is -0.335. The zero-order valence-electron chi connectivity index (χ0n) is 14.6. The molecule has 0 saturated carbocycles. The average molecular weight is 333 g/mol. The molecule has 2 atom stereocenters. The highest BCUT2D eigenvalue weighted by molar-refractivity contribution is 5.99. The summed E-state index contributed by atoms with van der Waals surface area (Å²) in [6.07, 6.45) is 1.26. The standard InChI is InChI=1S/C18H27N3O3/c1-12-8-13(2)11-21(10-12)7-6-19-18(24)16-9-15(20-14(3)22)4-5-17(16)23/h4-5,9,12-13,23H,6-8,10-11H2,1-3H3,(H,19,24)(H,20,22)/t12-,13+. The Bertz CT molecular complexity index is 593. The summed E-state index contributed by atoms with van der Waals surface area (Å²) < 4.78 is 0. The van der Waals surface area contributed by atoms with Crippen LogP contribution in [0, 0.1) is 11.8 Å². The number of carbonyl (C=O) groups excluding carboxylic acids is 2. The van der Waals surface area contributed by atoms with Gasteiger partial charge in [-0.25, -0.2) is 0 Å². The predicted octanol–water partition coefficient (Wildman–Crippen LogP) is 2.06. The van der Waals surface area contributed by atoms with E-state index in [9.17, 15) is 14.7 Å². The van der Waals surface area contributed by atoms with E-state index in [1.54, 1.807) is 6.07 Å². The maximum atomic E-state index is 12.3. The SMILES string of the molecule is CC(=O)Nc1ccc(O)c(C(=O)NCCN2C[C@H](C)C[C@H](C)C2)c1. The lowest BCUT2D eigenvalue weighted by atomic mass is 9.92. The molecule has 6 nitrogen and oxygen atoms in total. The number of aromatic hydroxyl groups is 1. The van der Waals surface area contributed by atoms with E-state index >= 15 is 0 Å². The largest absolute Gasteiger partial charge is 0.507 e. The normalized spacial score (nSPS) is 21.3. The number of nitrogens with one attached hydrogen (secondary N) is 2. The predicted molar refractivity (Wildman–Crippen MR) is 94.1 cm³/mol. The molecule has 1 aromatic rings. The zero-order chi connectivity index (χ0) is 17.7. The third-order valence-electron chi connectivity index (χ3n) is 4.22. The second-order valence-corrected chi connectivity index (χ2v) is 6.87. The van der Waals surface area contributed by atoms with Crippen LogP contribution in [0.2, 0.25) is 0 Å². The zero-order valence-corrected chi connectivity index (χ0v) is 14.6. The molecule has 1 fully saturated rings. The van der Waals surface area contributed by atoms with Crippen molar-refractivity contribution in [1.82, 2.24) is 10.2 Å². The Morgan fingerprint density at radius 2 is 1.92 bits per heavy atom. The molecule has 0 radical (unpaired) electrons. The van der Waals surface area contributed by atoms with E-state index in [2.05, 4.69) is 29.4 Å². The van der Waals surface area contributed by atoms with Crippen LogP contribution in [0.1, 0.15) is 37.6 Å². The van der Waals surface area contributed by atoms with Crippen LogP contribution in [0.15, 0.2) is 18.2 Å². The first-order valence-electron chi connectivity index (χ1n) is 8.46. The number of phenols is 1. The lowest BCUT2D eigenvalue weighted by Crippen LogP contribution is -2.42. The van der Waals surface area contributed by atoms with Gasteiger partial charge in [-0.3, -0.25) is 9.59 Å². The van der Waals surface area contributed by atoms with Crippen molar-refractivity contribution >= 4 is 17.5 Å². The molecule has 1 saturated heterocycles. The van der Waals surface area contributed by atoms with E-state index in [1.807, 2.05) is 0 Å². The fourth-order valence-corrected chi connectivity index (χ4v) is 3.40. The molecular formula is C18H27N3O3. The van der Waals surface area contributed by atoms with Crippen LogP contribution in [0.3, 0.4) is 0 Å². The molecule has 0 aromatic heterocycles. The first-order chi connectivity index (χ1) is 11.3. The quantitative estimate of drug-likeness (QED) is 0.721. The van der Waals surface area contributed by atoms with Crippen molar-refractivity contribution in [2.24, 2.45) is 11.8 Å². The van der Waals surface area contributed by atoms with Gasteiger partial charge in [0.2, 0.25) is 5.91 Å². The summed E-state index contributed by atoms with van der Waals surface area (Å²) >= 11 is 0. The second-order valence-electron chi connectivity index (χ2n) is 6.87. The van der Waals surface area contributed by atoms with E-state index in [1.165, 1.54) is 25.5 Å². The number of amides is 2. The van der Waals surface area contributed by atoms with Gasteiger partial charge >= 0.3 is 0 Å². The van der Waals surface area contributed by atoms with Crippen molar-refractivity contribution < 1.29 is 14.7 Å². The third-order valence-corrected chi connectivity index (χ3v) is 4.22. The molecule has 1 aromatic carbocycles. The second kappa shape index (κ2) is 8.15. The van der Waals surface area contributed by atoms with E-state index < -0.39 is 0 Å². The maximum absolute atomic E-state index is 12.3. The number of hydrogen-bond acceptors (Lipinski definition) is 4. The van der Waals surface area contributed by atoms with Crippen LogP contribution in [0.5, 0.6) is 5.75 Å². The Kier molecular flexibility index (Phi) is 6.20. The minimum absolute atomic E-state index is 0.0955. The maximum Gasteiger partial charge on any atom is 0.255 e. The van der Waals surface area contributed by atoms with Crippen molar-refractivity contribution in [2.75, 3.05) is 31.5 Å².